The number of H-pyrrole nitrogens is 2. The molecule has 0 aliphatic rings. The van der Waals surface area contributed by atoms with Crippen LogP contribution in [0.2, 0.25) is 5.02 Å². The summed E-state index contributed by atoms with van der Waals surface area (Å²) in [5.41, 5.74) is -4.33. The zero-order valence-corrected chi connectivity index (χ0v) is 25.4. The van der Waals surface area contributed by atoms with Gasteiger partial charge in [0.05, 0.1) is 10.8 Å². The standard InChI is InChI=1S/C29H15ClN4O10S2/c1-10-20-21(15-17(28(10)45(39,40)43-31)26(37)13-8-4-2-6-11(13)24(15)35)34-23-19(30)29(46(41,42)44-32)18-16(22(23)33-20)25(36)12-7-3-5-9-14(12)27(18)38/h2-9H,31-32H2,1H3/p+2. The molecule has 0 bridgehead atoms. The number of aromatic amines is 2. The van der Waals surface area contributed by atoms with Crippen molar-refractivity contribution >= 4 is 97.0 Å². The van der Waals surface area contributed by atoms with Gasteiger partial charge in [0.25, 0.3) is 22.1 Å². The lowest BCUT2D eigenvalue weighted by atomic mass is 9.97. The highest BCUT2D eigenvalue weighted by Gasteiger charge is 2.38. The highest BCUT2D eigenvalue weighted by atomic mass is 35.5. The molecule has 46 heavy (non-hydrogen) atoms. The summed E-state index contributed by atoms with van der Waals surface area (Å²) in [5, 5.41) is -3.06. The van der Waals surface area contributed by atoms with Crippen LogP contribution in [-0.2, 0) is 28.8 Å². The van der Waals surface area contributed by atoms with Crippen LogP contribution in [0.3, 0.4) is 0 Å². The Morgan fingerprint density at radius 3 is 1.35 bits per heavy atom. The van der Waals surface area contributed by atoms with Gasteiger partial charge in [-0.3, -0.25) is 19.2 Å². The number of nitrogens with two attached hydrogens (primary N) is 2. The summed E-state index contributed by atoms with van der Waals surface area (Å²) in [5.74, 6) is 10.2. The van der Waals surface area contributed by atoms with Gasteiger partial charge in [-0.25, -0.2) is 0 Å². The molecule has 0 saturated heterocycles. The van der Waals surface area contributed by atoms with E-state index >= 15 is 0 Å². The van der Waals surface area contributed by atoms with Crippen LogP contribution in [0.25, 0.3) is 65.2 Å². The van der Waals surface area contributed by atoms with Crippen LogP contribution in [-0.4, -0.2) is 16.8 Å². The third-order valence-corrected chi connectivity index (χ3v) is 11.0. The Kier molecular flexibility index (Phi) is 6.39. The maximum atomic E-state index is 14.0. The second-order valence-corrected chi connectivity index (χ2v) is 13.8. The lowest BCUT2D eigenvalue weighted by Crippen LogP contribution is -2.28. The van der Waals surface area contributed by atoms with Crippen LogP contribution < -0.4 is 43.5 Å². The molecule has 1 aromatic heterocycles. The van der Waals surface area contributed by atoms with Crippen LogP contribution in [0.15, 0.2) is 77.5 Å². The van der Waals surface area contributed by atoms with E-state index in [4.69, 9.17) is 23.4 Å². The molecule has 14 nitrogen and oxygen atoms in total. The van der Waals surface area contributed by atoms with E-state index in [0.717, 1.165) is 0 Å². The molecule has 7 rings (SSSR count). The van der Waals surface area contributed by atoms with Gasteiger partial charge in [0, 0.05) is 27.1 Å². The number of hydrogen-bond donors (Lipinski definition) is 2. The number of fused-ring (bicyclic) bond motifs is 8. The summed E-state index contributed by atoms with van der Waals surface area (Å²) < 4.78 is 61.3. The summed E-state index contributed by atoms with van der Waals surface area (Å²) in [6.45, 7) is 1.29. The summed E-state index contributed by atoms with van der Waals surface area (Å²) >= 11 is 6.66. The van der Waals surface area contributed by atoms with Crippen molar-refractivity contribution in [1.82, 2.24) is 0 Å². The van der Waals surface area contributed by atoms with E-state index in [-0.39, 0.29) is 49.2 Å². The second-order valence-electron chi connectivity index (χ2n) is 10.4. The first-order valence-corrected chi connectivity index (χ1v) is 16.2. The van der Waals surface area contributed by atoms with Crippen molar-refractivity contribution < 1.29 is 35.4 Å². The molecular weight excluding hydrogens is 664 g/mol. The molecular formula is C29H17ClN4O10S2+2. The number of aromatic nitrogens is 2. The van der Waals surface area contributed by atoms with E-state index in [0.29, 0.717) is 0 Å². The van der Waals surface area contributed by atoms with Gasteiger partial charge < -0.3 is 0 Å². The zero-order valence-electron chi connectivity index (χ0n) is 23.1. The Morgan fingerprint density at radius 2 is 0.913 bits per heavy atom. The van der Waals surface area contributed by atoms with Gasteiger partial charge >= 0.3 is 20.2 Å². The van der Waals surface area contributed by atoms with E-state index in [1.54, 1.807) is 0 Å². The van der Waals surface area contributed by atoms with Crippen molar-refractivity contribution in [2.75, 3.05) is 0 Å². The Balaban J connectivity index is 1.90. The minimum atomic E-state index is -4.98. The summed E-state index contributed by atoms with van der Waals surface area (Å²) in [4.78, 5) is 59.7. The van der Waals surface area contributed by atoms with Gasteiger partial charge in [-0.2, -0.15) is 47.2 Å². The van der Waals surface area contributed by atoms with E-state index < -0.39 is 78.3 Å². The van der Waals surface area contributed by atoms with Gasteiger partial charge in [-0.1, -0.05) is 60.1 Å². The van der Waals surface area contributed by atoms with Gasteiger partial charge in [0.15, 0.2) is 10.9 Å². The van der Waals surface area contributed by atoms with Crippen LogP contribution in [0, 0.1) is 6.92 Å². The highest BCUT2D eigenvalue weighted by molar-refractivity contribution is 7.87. The van der Waals surface area contributed by atoms with Crippen LogP contribution in [0.4, 0.5) is 0 Å². The molecule has 0 fully saturated rings. The smallest absolute Gasteiger partial charge is 0.289 e. The fourth-order valence-electron chi connectivity index (χ4n) is 6.15. The first-order valence-electron chi connectivity index (χ1n) is 13.0. The van der Waals surface area contributed by atoms with Crippen molar-refractivity contribution in [3.8, 4) is 0 Å². The third kappa shape index (κ3) is 3.77. The molecule has 0 atom stereocenters. The summed E-state index contributed by atoms with van der Waals surface area (Å²) in [6.07, 6.45) is 0. The van der Waals surface area contributed by atoms with Crippen LogP contribution in [0.5, 0.6) is 0 Å². The topological polar surface area (TPSA) is 235 Å². The maximum absolute atomic E-state index is 14.0. The monoisotopic (exact) mass is 680 g/mol. The number of aryl methyl sites for hydroxylation is 1. The zero-order chi connectivity index (χ0) is 33.0. The molecule has 6 N–H and O–H groups in total. The maximum Gasteiger partial charge on any atom is 0.315 e. The minimum Gasteiger partial charge on any atom is -0.289 e. The Hall–Kier alpha value is -4.81. The van der Waals surface area contributed by atoms with Crippen LogP contribution in [0.1, 0.15) is 5.56 Å². The fraction of sp³-hybridized carbons (Fsp3) is 0.0345. The molecule has 230 valence electrons. The molecule has 0 amide bonds. The third-order valence-electron chi connectivity index (χ3n) is 8.08. The lowest BCUT2D eigenvalue weighted by molar-refractivity contribution is -0.359. The molecule has 7 aromatic rings. The van der Waals surface area contributed by atoms with E-state index in [9.17, 15) is 36.0 Å². The van der Waals surface area contributed by atoms with Crippen molar-refractivity contribution in [3.63, 3.8) is 0 Å². The van der Waals surface area contributed by atoms with Gasteiger partial charge in [-0.15, -0.1) is 0 Å². The Labute approximate surface area is 260 Å². The number of benzene rings is 6. The predicted octanol–water partition coefficient (Wildman–Crippen LogP) is 0.670. The number of rotatable bonds is 4. The molecule has 0 radical (unpaired) electrons. The average molecular weight is 681 g/mol. The lowest BCUT2D eigenvalue weighted by Gasteiger charge is -2.11. The van der Waals surface area contributed by atoms with E-state index in [1.165, 1.54) is 55.5 Å². The molecule has 6 aromatic carbocycles. The molecule has 0 spiro atoms. The molecule has 0 aliphatic carbocycles. The molecule has 0 unspecified atom stereocenters. The van der Waals surface area contributed by atoms with E-state index in [2.05, 4.69) is 18.5 Å². The summed E-state index contributed by atoms with van der Waals surface area (Å²) in [7, 11) is -9.85. The molecule has 0 saturated carbocycles. The Bertz CT molecular complexity index is 2830. The van der Waals surface area contributed by atoms with Crippen molar-refractivity contribution in [2.45, 2.75) is 16.7 Å². The molecule has 0 aliphatic heterocycles. The SMILES string of the molecule is Cc1c(S(=O)(=O)ON)c2c(=O)c3ccccc3c(=O)c2c2[nH+]c3c(Cl)c(S(=O)(=O)ON)c4c(=O)c5ccccc5c(=O)c4c3[nH+]c12. The van der Waals surface area contributed by atoms with Gasteiger partial charge in [0.2, 0.25) is 10.9 Å². The van der Waals surface area contributed by atoms with Gasteiger partial charge in [0.1, 0.15) is 25.6 Å². The second kappa shape index (κ2) is 9.84. The summed E-state index contributed by atoms with van der Waals surface area (Å²) in [6, 6.07) is 11.4. The normalized spacial score (nSPS) is 12.8. The minimum absolute atomic E-state index is 0.0515. The van der Waals surface area contributed by atoms with E-state index in [1.807, 2.05) is 0 Å². The fourth-order valence-corrected chi connectivity index (χ4v) is 8.55. The number of hydrogen-bond acceptors (Lipinski definition) is 12. The molecule has 17 heteroatoms. The van der Waals surface area contributed by atoms with Crippen LogP contribution >= 0.6 is 11.6 Å². The number of nitrogens with one attached hydrogen (secondary N) is 2. The largest absolute Gasteiger partial charge is 0.315 e. The van der Waals surface area contributed by atoms with Crippen molar-refractivity contribution in [2.24, 2.45) is 11.8 Å². The quantitative estimate of drug-likeness (QED) is 0.148. The van der Waals surface area contributed by atoms with Crippen molar-refractivity contribution in [3.05, 3.63) is 100 Å². The Morgan fingerprint density at radius 1 is 0.565 bits per heavy atom. The number of halogens is 1. The first-order chi connectivity index (χ1) is 21.8. The van der Waals surface area contributed by atoms with Gasteiger partial charge in [-0.05, 0) is 6.92 Å². The average Bonchev–Trinajstić information content (AvgIpc) is 3.05. The molecule has 1 heterocycles. The van der Waals surface area contributed by atoms with Crippen molar-refractivity contribution in [1.29, 1.82) is 0 Å². The predicted molar refractivity (Wildman–Crippen MR) is 167 cm³/mol. The highest BCUT2D eigenvalue weighted by Crippen LogP contribution is 2.36. The first kappa shape index (κ1) is 29.9.